The predicted octanol–water partition coefficient (Wildman–Crippen LogP) is 3.97. The Balaban J connectivity index is 2.23. The van der Waals surface area contributed by atoms with Gasteiger partial charge in [0.2, 0.25) is 0 Å². The molecule has 5 heteroatoms. The highest BCUT2D eigenvalue weighted by Crippen LogP contribution is 2.27. The lowest BCUT2D eigenvalue weighted by Crippen LogP contribution is -2.11. The van der Waals surface area contributed by atoms with Crippen molar-refractivity contribution in [1.82, 2.24) is 0 Å². The second kappa shape index (κ2) is 5.42. The molecule has 1 N–H and O–H groups in total. The van der Waals surface area contributed by atoms with Crippen LogP contribution in [0.25, 0.3) is 0 Å². The minimum absolute atomic E-state index is 0.184. The first kappa shape index (κ1) is 12.9. The minimum atomic E-state index is -0.184. The number of thiophene rings is 1. The van der Waals surface area contributed by atoms with Crippen LogP contribution >= 0.6 is 22.9 Å². The fourth-order valence-corrected chi connectivity index (χ4v) is 2.48. The lowest BCUT2D eigenvalue weighted by Gasteiger charge is -2.10. The van der Waals surface area contributed by atoms with Crippen molar-refractivity contribution in [1.29, 1.82) is 0 Å². The van der Waals surface area contributed by atoms with Crippen molar-refractivity contribution in [3.05, 3.63) is 45.1 Å². The number of carbonyl (C=O) groups excluding carboxylic acids is 1. The van der Waals surface area contributed by atoms with Gasteiger partial charge in [-0.3, -0.25) is 4.79 Å². The van der Waals surface area contributed by atoms with Crippen LogP contribution in [0, 0.1) is 6.92 Å². The molecule has 1 amide bonds. The van der Waals surface area contributed by atoms with Gasteiger partial charge in [0.1, 0.15) is 5.75 Å². The molecular weight excluding hydrogens is 270 g/mol. The third kappa shape index (κ3) is 2.83. The third-order valence-corrected chi connectivity index (χ3v) is 3.63. The number of benzene rings is 1. The maximum atomic E-state index is 12.0. The molecule has 2 rings (SSSR count). The van der Waals surface area contributed by atoms with Crippen molar-refractivity contribution >= 4 is 34.5 Å². The number of halogens is 1. The summed E-state index contributed by atoms with van der Waals surface area (Å²) in [7, 11) is 1.57. The Hall–Kier alpha value is -1.52. The highest BCUT2D eigenvalue weighted by Gasteiger charge is 2.11. The highest BCUT2D eigenvalue weighted by atomic mass is 35.5. The summed E-state index contributed by atoms with van der Waals surface area (Å²) >= 11 is 7.05. The maximum absolute atomic E-state index is 12.0. The van der Waals surface area contributed by atoms with Crippen LogP contribution in [0.3, 0.4) is 0 Å². The summed E-state index contributed by atoms with van der Waals surface area (Å²) in [6.45, 7) is 1.96. The van der Waals surface area contributed by atoms with Crippen LogP contribution < -0.4 is 10.1 Å². The van der Waals surface area contributed by atoms with E-state index in [0.29, 0.717) is 20.7 Å². The molecule has 0 radical (unpaired) electrons. The van der Waals surface area contributed by atoms with Crippen LogP contribution in [0.5, 0.6) is 5.75 Å². The van der Waals surface area contributed by atoms with Gasteiger partial charge in [0.15, 0.2) is 0 Å². The van der Waals surface area contributed by atoms with Crippen molar-refractivity contribution < 1.29 is 9.53 Å². The fraction of sp³-hybridized carbons (Fsp3) is 0.154. The van der Waals surface area contributed by atoms with Crippen molar-refractivity contribution in [3.63, 3.8) is 0 Å². The third-order valence-electron chi connectivity index (χ3n) is 2.40. The van der Waals surface area contributed by atoms with Gasteiger partial charge < -0.3 is 10.1 Å². The molecule has 0 saturated carbocycles. The van der Waals surface area contributed by atoms with E-state index in [9.17, 15) is 4.79 Å². The van der Waals surface area contributed by atoms with Crippen molar-refractivity contribution in [2.24, 2.45) is 0 Å². The average Bonchev–Trinajstić information content (AvgIpc) is 2.76. The Morgan fingerprint density at radius 1 is 1.33 bits per heavy atom. The molecular formula is C13H12ClNO2S. The number of methoxy groups -OCH3 is 1. The lowest BCUT2D eigenvalue weighted by atomic mass is 10.2. The number of anilines is 1. The van der Waals surface area contributed by atoms with Crippen LogP contribution in [0.15, 0.2) is 30.3 Å². The molecule has 94 valence electrons. The molecule has 0 spiro atoms. The summed E-state index contributed by atoms with van der Waals surface area (Å²) in [4.78, 5) is 12.6. The maximum Gasteiger partial charge on any atom is 0.265 e. The van der Waals surface area contributed by atoms with Gasteiger partial charge in [0, 0.05) is 0 Å². The molecule has 1 aromatic carbocycles. The Morgan fingerprint density at radius 2 is 2.11 bits per heavy atom. The van der Waals surface area contributed by atoms with Gasteiger partial charge in [-0.15, -0.1) is 11.3 Å². The summed E-state index contributed by atoms with van der Waals surface area (Å²) in [6, 6.07) is 9.02. The molecule has 0 aliphatic carbocycles. The second-order valence-corrected chi connectivity index (χ2v) is 5.48. The molecule has 18 heavy (non-hydrogen) atoms. The molecule has 1 aromatic heterocycles. The Morgan fingerprint density at radius 3 is 2.72 bits per heavy atom. The normalized spacial score (nSPS) is 10.2. The number of carbonyl (C=O) groups is 1. The van der Waals surface area contributed by atoms with E-state index in [4.69, 9.17) is 16.3 Å². The fourth-order valence-electron chi connectivity index (χ4n) is 1.54. The first-order valence-electron chi connectivity index (χ1n) is 5.31. The van der Waals surface area contributed by atoms with Gasteiger partial charge in [0.25, 0.3) is 5.91 Å². The molecule has 0 atom stereocenters. The quantitative estimate of drug-likeness (QED) is 0.924. The largest absolute Gasteiger partial charge is 0.495 e. The Labute approximate surface area is 114 Å². The van der Waals surface area contributed by atoms with Crippen molar-refractivity contribution in [2.45, 2.75) is 6.92 Å². The minimum Gasteiger partial charge on any atom is -0.495 e. The highest BCUT2D eigenvalue weighted by molar-refractivity contribution is 7.18. The second-order valence-electron chi connectivity index (χ2n) is 3.76. The van der Waals surface area contributed by atoms with E-state index in [2.05, 4.69) is 5.32 Å². The number of aryl methyl sites for hydroxylation is 1. The SMILES string of the molecule is COc1ccc(C)cc1NC(=O)c1ccc(Cl)s1. The van der Waals surface area contributed by atoms with E-state index >= 15 is 0 Å². The number of rotatable bonds is 3. The number of amides is 1. The molecule has 0 fully saturated rings. The summed E-state index contributed by atoms with van der Waals surface area (Å²) in [6.07, 6.45) is 0. The standard InChI is InChI=1S/C13H12ClNO2S/c1-8-3-4-10(17-2)9(7-8)15-13(16)11-5-6-12(14)18-11/h3-7H,1-2H3,(H,15,16). The average molecular weight is 282 g/mol. The van der Waals surface area contributed by atoms with Gasteiger partial charge in [-0.25, -0.2) is 0 Å². The zero-order valence-electron chi connectivity index (χ0n) is 9.99. The van der Waals surface area contributed by atoms with Crippen LogP contribution in [0.2, 0.25) is 4.34 Å². The summed E-state index contributed by atoms with van der Waals surface area (Å²) in [5.74, 6) is 0.451. The molecule has 1 heterocycles. The molecule has 2 aromatic rings. The van der Waals surface area contributed by atoms with Gasteiger partial charge in [-0.05, 0) is 36.8 Å². The number of ether oxygens (including phenoxy) is 1. The van der Waals surface area contributed by atoms with Crippen molar-refractivity contribution in [3.8, 4) is 5.75 Å². The summed E-state index contributed by atoms with van der Waals surface area (Å²) in [5, 5.41) is 2.82. The van der Waals surface area contributed by atoms with E-state index in [0.717, 1.165) is 5.56 Å². The van der Waals surface area contributed by atoms with Gasteiger partial charge in [-0.1, -0.05) is 17.7 Å². The number of hydrogen-bond acceptors (Lipinski definition) is 3. The summed E-state index contributed by atoms with van der Waals surface area (Å²) in [5.41, 5.74) is 1.71. The van der Waals surface area contributed by atoms with E-state index in [1.54, 1.807) is 19.2 Å². The van der Waals surface area contributed by atoms with Gasteiger partial charge in [-0.2, -0.15) is 0 Å². The Bertz CT molecular complexity index is 580. The molecule has 0 aliphatic rings. The molecule has 0 aliphatic heterocycles. The predicted molar refractivity (Wildman–Crippen MR) is 75.0 cm³/mol. The van der Waals surface area contributed by atoms with Crippen LogP contribution in [0.4, 0.5) is 5.69 Å². The first-order chi connectivity index (χ1) is 8.60. The van der Waals surface area contributed by atoms with E-state index in [1.807, 2.05) is 25.1 Å². The van der Waals surface area contributed by atoms with Gasteiger partial charge >= 0.3 is 0 Å². The number of nitrogens with one attached hydrogen (secondary N) is 1. The molecule has 0 bridgehead atoms. The Kier molecular flexibility index (Phi) is 3.89. The van der Waals surface area contributed by atoms with Crippen molar-refractivity contribution in [2.75, 3.05) is 12.4 Å². The topological polar surface area (TPSA) is 38.3 Å². The summed E-state index contributed by atoms with van der Waals surface area (Å²) < 4.78 is 5.80. The monoisotopic (exact) mass is 281 g/mol. The van der Waals surface area contributed by atoms with Crippen LogP contribution in [-0.4, -0.2) is 13.0 Å². The van der Waals surface area contributed by atoms with Crippen LogP contribution in [0.1, 0.15) is 15.2 Å². The van der Waals surface area contributed by atoms with E-state index in [-0.39, 0.29) is 5.91 Å². The molecule has 0 saturated heterocycles. The molecule has 0 unspecified atom stereocenters. The van der Waals surface area contributed by atoms with E-state index in [1.165, 1.54) is 11.3 Å². The number of hydrogen-bond donors (Lipinski definition) is 1. The van der Waals surface area contributed by atoms with E-state index < -0.39 is 0 Å². The molecule has 3 nitrogen and oxygen atoms in total. The zero-order chi connectivity index (χ0) is 13.1. The smallest absolute Gasteiger partial charge is 0.265 e. The first-order valence-corrected chi connectivity index (χ1v) is 6.51. The zero-order valence-corrected chi connectivity index (χ0v) is 11.6. The van der Waals surface area contributed by atoms with Crippen LogP contribution in [-0.2, 0) is 0 Å². The van der Waals surface area contributed by atoms with Gasteiger partial charge in [0.05, 0.1) is 22.0 Å². The lowest BCUT2D eigenvalue weighted by molar-refractivity contribution is 0.103.